The Kier molecular flexibility index (Phi) is 5.25. The SMILES string of the molecule is CC(F)C(F)CCC(F)C(C)F. The van der Waals surface area contributed by atoms with Crippen LogP contribution < -0.4 is 0 Å². The quantitative estimate of drug-likeness (QED) is 0.578. The molecule has 0 saturated carbocycles. The molecule has 0 bridgehead atoms. The summed E-state index contributed by atoms with van der Waals surface area (Å²) in [5.74, 6) is 0. The summed E-state index contributed by atoms with van der Waals surface area (Å²) < 4.78 is 49.3. The van der Waals surface area contributed by atoms with Gasteiger partial charge in [-0.05, 0) is 26.7 Å². The number of rotatable bonds is 5. The zero-order chi connectivity index (χ0) is 9.72. The number of alkyl halides is 4. The summed E-state index contributed by atoms with van der Waals surface area (Å²) in [5, 5.41) is 0. The van der Waals surface area contributed by atoms with Gasteiger partial charge in [-0.2, -0.15) is 0 Å². The lowest BCUT2D eigenvalue weighted by molar-refractivity contribution is 0.128. The molecule has 0 saturated heterocycles. The third kappa shape index (κ3) is 4.57. The van der Waals surface area contributed by atoms with Crippen molar-refractivity contribution in [3.63, 3.8) is 0 Å². The van der Waals surface area contributed by atoms with E-state index in [0.717, 1.165) is 13.8 Å². The molecule has 12 heavy (non-hydrogen) atoms. The fraction of sp³-hybridized carbons (Fsp3) is 1.00. The minimum absolute atomic E-state index is 0.257. The molecule has 0 N–H and O–H groups in total. The van der Waals surface area contributed by atoms with Crippen molar-refractivity contribution in [2.75, 3.05) is 0 Å². The zero-order valence-corrected chi connectivity index (χ0v) is 7.24. The summed E-state index contributed by atoms with van der Waals surface area (Å²) in [6.45, 7) is 2.13. The maximum absolute atomic E-state index is 12.5. The molecule has 0 heterocycles. The maximum atomic E-state index is 12.5. The van der Waals surface area contributed by atoms with Gasteiger partial charge < -0.3 is 0 Å². The second-order valence-electron chi connectivity index (χ2n) is 2.96. The molecule has 0 aromatic rings. The van der Waals surface area contributed by atoms with Crippen molar-refractivity contribution in [2.45, 2.75) is 51.4 Å². The molecule has 4 unspecified atom stereocenters. The predicted octanol–water partition coefficient (Wildman–Crippen LogP) is 3.16. The lowest BCUT2D eigenvalue weighted by Gasteiger charge is -2.12. The van der Waals surface area contributed by atoms with Crippen molar-refractivity contribution in [3.8, 4) is 0 Å². The van der Waals surface area contributed by atoms with E-state index < -0.39 is 24.7 Å². The van der Waals surface area contributed by atoms with Gasteiger partial charge in [0.1, 0.15) is 24.7 Å². The molecule has 0 rings (SSSR count). The van der Waals surface area contributed by atoms with Crippen LogP contribution in [0.5, 0.6) is 0 Å². The third-order valence-corrected chi connectivity index (χ3v) is 1.72. The molecule has 0 aliphatic carbocycles. The molecule has 0 aliphatic heterocycles. The Morgan fingerprint density at radius 2 is 1.00 bits per heavy atom. The molecule has 0 aliphatic rings. The van der Waals surface area contributed by atoms with Gasteiger partial charge in [0.05, 0.1) is 0 Å². The third-order valence-electron chi connectivity index (χ3n) is 1.72. The van der Waals surface area contributed by atoms with Gasteiger partial charge >= 0.3 is 0 Å². The highest BCUT2D eigenvalue weighted by atomic mass is 19.2. The molecule has 4 heteroatoms. The molecular formula is C8H14F4. The van der Waals surface area contributed by atoms with Crippen LogP contribution in [0.15, 0.2) is 0 Å². The Labute approximate surface area is 70.0 Å². The van der Waals surface area contributed by atoms with Gasteiger partial charge in [-0.3, -0.25) is 0 Å². The minimum Gasteiger partial charge on any atom is -0.245 e. The summed E-state index contributed by atoms with van der Waals surface area (Å²) in [7, 11) is 0. The normalized spacial score (nSPS) is 21.5. The Morgan fingerprint density at radius 3 is 1.17 bits per heavy atom. The first-order valence-corrected chi connectivity index (χ1v) is 4.01. The topological polar surface area (TPSA) is 0 Å². The van der Waals surface area contributed by atoms with Gasteiger partial charge in [-0.25, -0.2) is 17.6 Å². The molecule has 74 valence electrons. The van der Waals surface area contributed by atoms with E-state index >= 15 is 0 Å². The van der Waals surface area contributed by atoms with Crippen molar-refractivity contribution in [2.24, 2.45) is 0 Å². The van der Waals surface area contributed by atoms with Crippen molar-refractivity contribution in [1.29, 1.82) is 0 Å². The largest absolute Gasteiger partial charge is 0.245 e. The standard InChI is InChI=1S/C8H14F4/c1-5(9)7(11)3-4-8(12)6(2)10/h5-8H,3-4H2,1-2H3. The van der Waals surface area contributed by atoms with Gasteiger partial charge in [-0.1, -0.05) is 0 Å². The van der Waals surface area contributed by atoms with E-state index in [0.29, 0.717) is 0 Å². The lowest BCUT2D eigenvalue weighted by Crippen LogP contribution is -2.19. The first-order valence-electron chi connectivity index (χ1n) is 4.01. The smallest absolute Gasteiger partial charge is 0.131 e. The van der Waals surface area contributed by atoms with Crippen LogP contribution in [0.3, 0.4) is 0 Å². The molecule has 0 aromatic carbocycles. The van der Waals surface area contributed by atoms with E-state index in [1.54, 1.807) is 0 Å². The fourth-order valence-electron chi connectivity index (χ4n) is 0.778. The van der Waals surface area contributed by atoms with Crippen LogP contribution in [0.4, 0.5) is 17.6 Å². The lowest BCUT2D eigenvalue weighted by atomic mass is 10.1. The van der Waals surface area contributed by atoms with Crippen molar-refractivity contribution in [1.82, 2.24) is 0 Å². The Morgan fingerprint density at radius 1 is 0.750 bits per heavy atom. The van der Waals surface area contributed by atoms with E-state index in [1.165, 1.54) is 0 Å². The average molecular weight is 186 g/mol. The molecule has 0 aromatic heterocycles. The summed E-state index contributed by atoms with van der Waals surface area (Å²) in [6.07, 6.45) is -7.08. The summed E-state index contributed by atoms with van der Waals surface area (Å²) in [4.78, 5) is 0. The molecule has 4 atom stereocenters. The van der Waals surface area contributed by atoms with E-state index in [-0.39, 0.29) is 12.8 Å². The highest BCUT2D eigenvalue weighted by Gasteiger charge is 2.20. The monoisotopic (exact) mass is 186 g/mol. The molecule has 0 fully saturated rings. The van der Waals surface area contributed by atoms with E-state index in [9.17, 15) is 17.6 Å². The van der Waals surface area contributed by atoms with Crippen LogP contribution in [-0.4, -0.2) is 24.7 Å². The van der Waals surface area contributed by atoms with E-state index in [2.05, 4.69) is 0 Å². The average Bonchev–Trinajstić information content (AvgIpc) is 1.98. The summed E-state index contributed by atoms with van der Waals surface area (Å²) in [6, 6.07) is 0. The number of halogens is 4. The van der Waals surface area contributed by atoms with E-state index in [4.69, 9.17) is 0 Å². The Hall–Kier alpha value is -0.280. The van der Waals surface area contributed by atoms with Crippen LogP contribution in [-0.2, 0) is 0 Å². The van der Waals surface area contributed by atoms with Crippen LogP contribution in [0.2, 0.25) is 0 Å². The second kappa shape index (κ2) is 5.38. The van der Waals surface area contributed by atoms with Crippen LogP contribution in [0, 0.1) is 0 Å². The fourth-order valence-corrected chi connectivity index (χ4v) is 0.778. The van der Waals surface area contributed by atoms with E-state index in [1.807, 2.05) is 0 Å². The van der Waals surface area contributed by atoms with Gasteiger partial charge in [0.2, 0.25) is 0 Å². The highest BCUT2D eigenvalue weighted by molar-refractivity contribution is 4.69. The van der Waals surface area contributed by atoms with Crippen LogP contribution in [0.25, 0.3) is 0 Å². The zero-order valence-electron chi connectivity index (χ0n) is 7.24. The van der Waals surface area contributed by atoms with Gasteiger partial charge in [0.25, 0.3) is 0 Å². The number of hydrogen-bond donors (Lipinski definition) is 0. The molecule has 0 amide bonds. The predicted molar refractivity (Wildman–Crippen MR) is 40.2 cm³/mol. The van der Waals surface area contributed by atoms with Crippen molar-refractivity contribution in [3.05, 3.63) is 0 Å². The molecule has 0 nitrogen and oxygen atoms in total. The van der Waals surface area contributed by atoms with Crippen molar-refractivity contribution < 1.29 is 17.6 Å². The summed E-state index contributed by atoms with van der Waals surface area (Å²) >= 11 is 0. The first kappa shape index (κ1) is 11.7. The first-order chi connectivity index (χ1) is 5.45. The Bertz CT molecular complexity index is 99.6. The minimum atomic E-state index is -1.68. The Balaban J connectivity index is 3.54. The second-order valence-corrected chi connectivity index (χ2v) is 2.96. The highest BCUT2D eigenvalue weighted by Crippen LogP contribution is 2.16. The molecule has 0 spiro atoms. The maximum Gasteiger partial charge on any atom is 0.131 e. The van der Waals surface area contributed by atoms with Gasteiger partial charge in [-0.15, -0.1) is 0 Å². The van der Waals surface area contributed by atoms with Crippen molar-refractivity contribution >= 4 is 0 Å². The molecular weight excluding hydrogens is 172 g/mol. The van der Waals surface area contributed by atoms with Gasteiger partial charge in [0, 0.05) is 0 Å². The van der Waals surface area contributed by atoms with Crippen LogP contribution >= 0.6 is 0 Å². The summed E-state index contributed by atoms with van der Waals surface area (Å²) in [5.41, 5.74) is 0. The van der Waals surface area contributed by atoms with Gasteiger partial charge in [0.15, 0.2) is 0 Å². The number of hydrogen-bond acceptors (Lipinski definition) is 0. The molecule has 0 radical (unpaired) electrons. The van der Waals surface area contributed by atoms with Crippen LogP contribution in [0.1, 0.15) is 26.7 Å².